The quantitative estimate of drug-likeness (QED) is 0.690. The van der Waals surface area contributed by atoms with Crippen LogP contribution in [0.4, 0.5) is 0 Å². The van der Waals surface area contributed by atoms with Crippen molar-refractivity contribution in [2.45, 2.75) is 0 Å². The molecule has 3 rings (SSSR count). The van der Waals surface area contributed by atoms with E-state index in [9.17, 15) is 0 Å². The molecule has 0 N–H and O–H groups in total. The van der Waals surface area contributed by atoms with Crippen LogP contribution in [0.25, 0.3) is 11.4 Å². The fourth-order valence-electron chi connectivity index (χ4n) is 1.81. The first-order valence-electron chi connectivity index (χ1n) is 6.08. The van der Waals surface area contributed by atoms with Crippen LogP contribution in [0.3, 0.4) is 0 Å². The molecular weight excluding hydrogens is 316 g/mol. The Labute approximate surface area is 124 Å². The van der Waals surface area contributed by atoms with Gasteiger partial charge in [0.1, 0.15) is 6.33 Å². The van der Waals surface area contributed by atoms with Crippen LogP contribution in [0.1, 0.15) is 5.56 Å². The third-order valence-electron chi connectivity index (χ3n) is 2.74. The van der Waals surface area contributed by atoms with E-state index in [-0.39, 0.29) is 0 Å². The van der Waals surface area contributed by atoms with Gasteiger partial charge in [-0.3, -0.25) is 0 Å². The Kier molecular flexibility index (Phi) is 3.69. The van der Waals surface area contributed by atoms with Crippen LogP contribution in [0.5, 0.6) is 0 Å². The van der Waals surface area contributed by atoms with E-state index in [0.29, 0.717) is 0 Å². The molecule has 1 heterocycles. The molecule has 0 amide bonds. The summed E-state index contributed by atoms with van der Waals surface area (Å²) in [5.41, 5.74) is 1.99. The predicted molar refractivity (Wildman–Crippen MR) is 82.6 cm³/mol. The minimum Gasteiger partial charge on any atom is -0.200 e. The molecule has 2 aromatic carbocycles. The van der Waals surface area contributed by atoms with Gasteiger partial charge in [-0.25, -0.2) is 0 Å². The molecule has 0 aliphatic carbocycles. The maximum atomic E-state index is 4.40. The van der Waals surface area contributed by atoms with Crippen LogP contribution in [0.2, 0.25) is 0 Å². The van der Waals surface area contributed by atoms with Gasteiger partial charge in [0.2, 0.25) is 0 Å². The van der Waals surface area contributed by atoms with Crippen LogP contribution in [-0.2, 0) is 0 Å². The molecule has 0 spiro atoms. The molecule has 1 aromatic heterocycles. The van der Waals surface area contributed by atoms with Gasteiger partial charge in [0.25, 0.3) is 0 Å². The number of nitrogens with zero attached hydrogens (tertiary/aromatic N) is 4. The van der Waals surface area contributed by atoms with Gasteiger partial charge >= 0.3 is 0 Å². The summed E-state index contributed by atoms with van der Waals surface area (Å²) in [6, 6.07) is 17.8. The van der Waals surface area contributed by atoms with Gasteiger partial charge in [0.05, 0.1) is 6.21 Å². The number of aromatic nitrogens is 3. The number of halogens is 1. The third-order valence-corrected chi connectivity index (χ3v) is 3.24. The number of hydrogen-bond acceptors (Lipinski definition) is 3. The summed E-state index contributed by atoms with van der Waals surface area (Å²) in [6.45, 7) is 0. The lowest BCUT2D eigenvalue weighted by molar-refractivity contribution is 0.888. The highest BCUT2D eigenvalue weighted by atomic mass is 79.9. The Balaban J connectivity index is 1.91. The standard InChI is InChI=1S/C15H11BrN4/c16-14-8-4-5-12(9-14)10-18-20-11-17-19-15(20)13-6-2-1-3-7-13/h1-11H/b18-10-. The van der Waals surface area contributed by atoms with Crippen molar-refractivity contribution in [1.82, 2.24) is 14.9 Å². The molecule has 0 bridgehead atoms. The zero-order chi connectivity index (χ0) is 13.8. The Bertz CT molecular complexity index is 734. The fourth-order valence-corrected chi connectivity index (χ4v) is 2.22. The summed E-state index contributed by atoms with van der Waals surface area (Å²) in [7, 11) is 0. The Hall–Kier alpha value is -2.27. The molecule has 20 heavy (non-hydrogen) atoms. The van der Waals surface area contributed by atoms with E-state index in [1.165, 1.54) is 0 Å². The first-order valence-corrected chi connectivity index (χ1v) is 6.87. The lowest BCUT2D eigenvalue weighted by atomic mass is 10.2. The first kappa shape index (κ1) is 12.7. The van der Waals surface area contributed by atoms with Crippen molar-refractivity contribution in [2.24, 2.45) is 5.10 Å². The lowest BCUT2D eigenvalue weighted by Crippen LogP contribution is -1.93. The van der Waals surface area contributed by atoms with Crippen LogP contribution in [0, 0.1) is 0 Å². The highest BCUT2D eigenvalue weighted by Gasteiger charge is 2.04. The average Bonchev–Trinajstić information content (AvgIpc) is 2.95. The summed E-state index contributed by atoms with van der Waals surface area (Å²) in [5, 5.41) is 12.4. The Morgan fingerprint density at radius 3 is 2.70 bits per heavy atom. The number of hydrogen-bond donors (Lipinski definition) is 0. The summed E-state index contributed by atoms with van der Waals surface area (Å²) >= 11 is 3.44. The zero-order valence-corrected chi connectivity index (χ0v) is 12.1. The molecule has 98 valence electrons. The molecule has 0 aliphatic heterocycles. The largest absolute Gasteiger partial charge is 0.200 e. The van der Waals surface area contributed by atoms with Gasteiger partial charge in [-0.1, -0.05) is 58.4 Å². The van der Waals surface area contributed by atoms with Gasteiger partial charge < -0.3 is 0 Å². The number of benzene rings is 2. The monoisotopic (exact) mass is 326 g/mol. The SMILES string of the molecule is Brc1cccc(/C=N\n2cnnc2-c2ccccc2)c1. The van der Waals surface area contributed by atoms with E-state index in [1.54, 1.807) is 17.2 Å². The fraction of sp³-hybridized carbons (Fsp3) is 0. The molecular formula is C15H11BrN4. The van der Waals surface area contributed by atoms with Crippen molar-refractivity contribution in [3.8, 4) is 11.4 Å². The smallest absolute Gasteiger partial charge is 0.184 e. The van der Waals surface area contributed by atoms with Crippen LogP contribution in [0.15, 0.2) is 70.5 Å². The molecule has 5 heteroatoms. The second-order valence-corrected chi connectivity index (χ2v) is 5.08. The van der Waals surface area contributed by atoms with Crippen molar-refractivity contribution in [3.63, 3.8) is 0 Å². The van der Waals surface area contributed by atoms with Gasteiger partial charge in [-0.2, -0.15) is 9.78 Å². The van der Waals surface area contributed by atoms with E-state index < -0.39 is 0 Å². The summed E-state index contributed by atoms with van der Waals surface area (Å²) in [4.78, 5) is 0. The number of rotatable bonds is 3. The predicted octanol–water partition coefficient (Wildman–Crippen LogP) is 3.59. The molecule has 0 unspecified atom stereocenters. The summed E-state index contributed by atoms with van der Waals surface area (Å²) in [6.07, 6.45) is 3.37. The molecule has 0 saturated carbocycles. The first-order chi connectivity index (χ1) is 9.83. The molecule has 0 fully saturated rings. The minimum absolute atomic E-state index is 0.719. The van der Waals surface area contributed by atoms with Gasteiger partial charge in [0.15, 0.2) is 5.82 Å². The van der Waals surface area contributed by atoms with E-state index in [2.05, 4.69) is 31.2 Å². The zero-order valence-electron chi connectivity index (χ0n) is 10.5. The second kappa shape index (κ2) is 5.79. The minimum atomic E-state index is 0.719. The van der Waals surface area contributed by atoms with Gasteiger partial charge in [-0.05, 0) is 17.7 Å². The van der Waals surface area contributed by atoms with Crippen LogP contribution in [-0.4, -0.2) is 21.1 Å². The van der Waals surface area contributed by atoms with Crippen molar-refractivity contribution >= 4 is 22.1 Å². The highest BCUT2D eigenvalue weighted by molar-refractivity contribution is 9.10. The van der Waals surface area contributed by atoms with E-state index in [0.717, 1.165) is 21.4 Å². The van der Waals surface area contributed by atoms with Crippen molar-refractivity contribution < 1.29 is 0 Å². The summed E-state index contributed by atoms with van der Waals surface area (Å²) < 4.78 is 2.68. The van der Waals surface area contributed by atoms with E-state index in [4.69, 9.17) is 0 Å². The molecule has 3 aromatic rings. The Morgan fingerprint density at radius 2 is 1.90 bits per heavy atom. The Morgan fingerprint density at radius 1 is 1.05 bits per heavy atom. The van der Waals surface area contributed by atoms with Crippen molar-refractivity contribution in [3.05, 3.63) is 71.0 Å². The van der Waals surface area contributed by atoms with Crippen LogP contribution < -0.4 is 0 Å². The maximum absolute atomic E-state index is 4.40. The van der Waals surface area contributed by atoms with Crippen molar-refractivity contribution in [1.29, 1.82) is 0 Å². The summed E-state index contributed by atoms with van der Waals surface area (Å²) in [5.74, 6) is 0.719. The second-order valence-electron chi connectivity index (χ2n) is 4.16. The van der Waals surface area contributed by atoms with Gasteiger partial charge in [0, 0.05) is 10.0 Å². The van der Waals surface area contributed by atoms with E-state index in [1.807, 2.05) is 54.6 Å². The van der Waals surface area contributed by atoms with Crippen LogP contribution >= 0.6 is 15.9 Å². The van der Waals surface area contributed by atoms with E-state index >= 15 is 0 Å². The van der Waals surface area contributed by atoms with Crippen molar-refractivity contribution in [2.75, 3.05) is 0 Å². The lowest BCUT2D eigenvalue weighted by Gasteiger charge is -2.00. The molecule has 0 radical (unpaired) electrons. The molecule has 0 saturated heterocycles. The molecule has 0 atom stereocenters. The molecule has 4 nitrogen and oxygen atoms in total. The maximum Gasteiger partial charge on any atom is 0.184 e. The van der Waals surface area contributed by atoms with Gasteiger partial charge in [-0.15, -0.1) is 10.2 Å². The topological polar surface area (TPSA) is 43.1 Å². The normalized spacial score (nSPS) is 11.1. The highest BCUT2D eigenvalue weighted by Crippen LogP contribution is 2.15. The molecule has 0 aliphatic rings. The average molecular weight is 327 g/mol. The third kappa shape index (κ3) is 2.83.